The number of fused-ring (bicyclic) bond motifs is 1. The zero-order valence-electron chi connectivity index (χ0n) is 13.1. The van der Waals surface area contributed by atoms with E-state index in [1.165, 1.54) is 24.3 Å². The van der Waals surface area contributed by atoms with Gasteiger partial charge in [0.2, 0.25) is 5.95 Å². The maximum absolute atomic E-state index is 13.2. The van der Waals surface area contributed by atoms with Gasteiger partial charge in [0.25, 0.3) is 5.82 Å². The molecule has 1 aliphatic rings. The highest BCUT2D eigenvalue weighted by molar-refractivity contribution is 5.76. The minimum absolute atomic E-state index is 0.0408. The summed E-state index contributed by atoms with van der Waals surface area (Å²) in [7, 11) is 0. The van der Waals surface area contributed by atoms with Crippen molar-refractivity contribution in [3.63, 3.8) is 0 Å². The topological polar surface area (TPSA) is 55.6 Å². The summed E-state index contributed by atoms with van der Waals surface area (Å²) in [6.45, 7) is 0. The van der Waals surface area contributed by atoms with Gasteiger partial charge in [-0.1, -0.05) is 12.1 Å². The number of hydrogen-bond donors (Lipinski definition) is 1. The number of rotatable bonds is 2. The van der Waals surface area contributed by atoms with E-state index in [-0.39, 0.29) is 5.95 Å². The molecule has 0 saturated carbocycles. The number of nitrogens with one attached hydrogen (secondary N) is 1. The number of halogens is 4. The zero-order valence-corrected chi connectivity index (χ0v) is 13.1. The monoisotopic (exact) mass is 361 g/mol. The van der Waals surface area contributed by atoms with Gasteiger partial charge in [0.15, 0.2) is 0 Å². The van der Waals surface area contributed by atoms with Gasteiger partial charge < -0.3 is 5.32 Å². The molecular weight excluding hydrogens is 350 g/mol. The fourth-order valence-corrected chi connectivity index (χ4v) is 2.71. The van der Waals surface area contributed by atoms with E-state index in [0.717, 1.165) is 10.2 Å². The summed E-state index contributed by atoms with van der Waals surface area (Å²) >= 11 is 0. The number of pyridine rings is 1. The molecule has 0 unspecified atom stereocenters. The van der Waals surface area contributed by atoms with Crippen LogP contribution in [-0.2, 0) is 6.18 Å². The van der Waals surface area contributed by atoms with Crippen LogP contribution < -0.4 is 5.32 Å². The number of allylic oxidation sites excluding steroid dienone is 1. The largest absolute Gasteiger partial charge is 0.453 e. The van der Waals surface area contributed by atoms with Crippen molar-refractivity contribution in [1.82, 2.24) is 19.7 Å². The molecule has 9 heteroatoms. The molecule has 0 amide bonds. The predicted octanol–water partition coefficient (Wildman–Crippen LogP) is 3.89. The summed E-state index contributed by atoms with van der Waals surface area (Å²) in [6.07, 6.45) is 0.192. The second kappa shape index (κ2) is 5.94. The average Bonchev–Trinajstić information content (AvgIpc) is 3.07. The molecule has 26 heavy (non-hydrogen) atoms. The van der Waals surface area contributed by atoms with Crippen molar-refractivity contribution in [3.8, 4) is 0 Å². The van der Waals surface area contributed by atoms with E-state index in [4.69, 9.17) is 0 Å². The normalized spacial score (nSPS) is 16.6. The molecule has 1 aromatic carbocycles. The molecule has 2 aromatic heterocycles. The van der Waals surface area contributed by atoms with E-state index in [2.05, 4.69) is 20.4 Å². The average molecular weight is 361 g/mol. The van der Waals surface area contributed by atoms with Gasteiger partial charge in [-0.3, -0.25) is 4.98 Å². The Balaban J connectivity index is 1.84. The second-order valence-electron chi connectivity index (χ2n) is 5.64. The lowest BCUT2D eigenvalue weighted by Crippen LogP contribution is -2.20. The van der Waals surface area contributed by atoms with Crippen molar-refractivity contribution in [2.45, 2.75) is 12.2 Å². The summed E-state index contributed by atoms with van der Waals surface area (Å²) in [4.78, 5) is 7.51. The highest BCUT2D eigenvalue weighted by Crippen LogP contribution is 2.35. The van der Waals surface area contributed by atoms with E-state index < -0.39 is 23.9 Å². The van der Waals surface area contributed by atoms with E-state index in [1.54, 1.807) is 30.6 Å². The fraction of sp³-hybridized carbons (Fsp3) is 0.118. The summed E-state index contributed by atoms with van der Waals surface area (Å²) < 4.78 is 53.5. The Labute approximate surface area is 145 Å². The first-order chi connectivity index (χ1) is 12.4. The predicted molar refractivity (Wildman–Crippen MR) is 85.4 cm³/mol. The molecule has 0 radical (unpaired) electrons. The van der Waals surface area contributed by atoms with Gasteiger partial charge in [-0.05, 0) is 35.9 Å². The summed E-state index contributed by atoms with van der Waals surface area (Å²) in [6, 6.07) is 8.28. The first kappa shape index (κ1) is 16.2. The molecule has 132 valence electrons. The van der Waals surface area contributed by atoms with E-state index in [9.17, 15) is 17.6 Å². The molecular formula is C17H11F4N5. The van der Waals surface area contributed by atoms with Crippen molar-refractivity contribution >= 4 is 11.6 Å². The SMILES string of the molecule is Fc1ccc([C@@H]2C=C(c3ccncc3)Nc3nc(C(F)(F)F)nn32)cc1. The van der Waals surface area contributed by atoms with E-state index >= 15 is 0 Å². The van der Waals surface area contributed by atoms with Crippen molar-refractivity contribution in [3.05, 3.63) is 77.6 Å². The van der Waals surface area contributed by atoms with Crippen LogP contribution >= 0.6 is 0 Å². The highest BCUT2D eigenvalue weighted by Gasteiger charge is 2.39. The number of hydrogen-bond acceptors (Lipinski definition) is 4. The number of nitrogens with zero attached hydrogens (tertiary/aromatic N) is 4. The van der Waals surface area contributed by atoms with Crippen LogP contribution in [0.3, 0.4) is 0 Å². The molecule has 0 saturated heterocycles. The lowest BCUT2D eigenvalue weighted by atomic mass is 10.0. The fourth-order valence-electron chi connectivity index (χ4n) is 2.71. The standard InChI is InChI=1S/C17H11F4N5/c18-12-3-1-11(2-4-12)14-9-13(10-5-7-22-8-6-10)23-16-24-15(17(19,20)21)25-26(14)16/h1-9,14H,(H,23,24,25)/t14-/m0/s1. The zero-order chi connectivity index (χ0) is 18.3. The molecule has 3 heterocycles. The summed E-state index contributed by atoms with van der Waals surface area (Å²) in [5.41, 5.74) is 1.88. The van der Waals surface area contributed by atoms with Gasteiger partial charge in [-0.25, -0.2) is 9.07 Å². The third-order valence-electron chi connectivity index (χ3n) is 3.92. The van der Waals surface area contributed by atoms with E-state index in [1.807, 2.05) is 0 Å². The molecule has 0 aliphatic carbocycles. The molecule has 0 spiro atoms. The quantitative estimate of drug-likeness (QED) is 0.704. The van der Waals surface area contributed by atoms with Crippen LogP contribution in [0, 0.1) is 5.82 Å². The van der Waals surface area contributed by atoms with Crippen LogP contribution in [0.15, 0.2) is 54.9 Å². The van der Waals surface area contributed by atoms with Gasteiger partial charge in [-0.15, -0.1) is 5.10 Å². The number of aromatic nitrogens is 4. The lowest BCUT2D eigenvalue weighted by molar-refractivity contribution is -0.145. The van der Waals surface area contributed by atoms with Crippen molar-refractivity contribution in [2.24, 2.45) is 0 Å². The van der Waals surface area contributed by atoms with Crippen LogP contribution in [-0.4, -0.2) is 19.7 Å². The van der Waals surface area contributed by atoms with Gasteiger partial charge >= 0.3 is 6.18 Å². The molecule has 3 aromatic rings. The molecule has 0 fully saturated rings. The van der Waals surface area contributed by atoms with Crippen molar-refractivity contribution in [1.29, 1.82) is 0 Å². The van der Waals surface area contributed by atoms with Crippen LogP contribution in [0.1, 0.15) is 23.0 Å². The maximum atomic E-state index is 13.2. The Kier molecular flexibility index (Phi) is 3.71. The van der Waals surface area contributed by atoms with Gasteiger partial charge in [-0.2, -0.15) is 18.2 Å². The van der Waals surface area contributed by atoms with Gasteiger partial charge in [0, 0.05) is 23.7 Å². The summed E-state index contributed by atoms with van der Waals surface area (Å²) in [5, 5.41) is 6.46. The number of anilines is 1. The van der Waals surface area contributed by atoms with Crippen LogP contribution in [0.4, 0.5) is 23.5 Å². The number of benzene rings is 1. The van der Waals surface area contributed by atoms with Crippen LogP contribution in [0.5, 0.6) is 0 Å². The van der Waals surface area contributed by atoms with Gasteiger partial charge in [0.05, 0.1) is 0 Å². The summed E-state index contributed by atoms with van der Waals surface area (Å²) in [5.74, 6) is -1.71. The van der Waals surface area contributed by atoms with Crippen LogP contribution in [0.25, 0.3) is 5.70 Å². The molecule has 5 nitrogen and oxygen atoms in total. The number of alkyl halides is 3. The van der Waals surface area contributed by atoms with Crippen molar-refractivity contribution < 1.29 is 17.6 Å². The molecule has 1 aliphatic heterocycles. The third kappa shape index (κ3) is 2.92. The third-order valence-corrected chi connectivity index (χ3v) is 3.92. The van der Waals surface area contributed by atoms with E-state index in [0.29, 0.717) is 11.3 Å². The molecule has 1 N–H and O–H groups in total. The smallest absolute Gasteiger partial charge is 0.324 e. The molecule has 1 atom stereocenters. The lowest BCUT2D eigenvalue weighted by Gasteiger charge is -2.24. The minimum atomic E-state index is -4.67. The Bertz CT molecular complexity index is 961. The van der Waals surface area contributed by atoms with Gasteiger partial charge in [0.1, 0.15) is 11.9 Å². The first-order valence-corrected chi connectivity index (χ1v) is 7.60. The Hall–Kier alpha value is -3.23. The van der Waals surface area contributed by atoms with Crippen LogP contribution in [0.2, 0.25) is 0 Å². The Morgan fingerprint density at radius 3 is 2.35 bits per heavy atom. The first-order valence-electron chi connectivity index (χ1n) is 7.60. The highest BCUT2D eigenvalue weighted by atomic mass is 19.4. The Morgan fingerprint density at radius 1 is 1.00 bits per heavy atom. The second-order valence-corrected chi connectivity index (χ2v) is 5.64. The van der Waals surface area contributed by atoms with Crippen molar-refractivity contribution in [2.75, 3.05) is 5.32 Å². The Morgan fingerprint density at radius 2 is 1.69 bits per heavy atom. The molecule has 0 bridgehead atoms. The minimum Gasteiger partial charge on any atom is -0.324 e. The maximum Gasteiger partial charge on any atom is 0.453 e. The molecule has 4 rings (SSSR count).